The first-order valence-electron chi connectivity index (χ1n) is 10.6. The molecular weight excluding hydrogens is 451 g/mol. The van der Waals surface area contributed by atoms with Gasteiger partial charge in [0.1, 0.15) is 0 Å². The van der Waals surface area contributed by atoms with Gasteiger partial charge in [0, 0.05) is 11.1 Å². The lowest BCUT2D eigenvalue weighted by Gasteiger charge is -2.16. The summed E-state index contributed by atoms with van der Waals surface area (Å²) < 4.78 is 22.9. The molecule has 6 nitrogen and oxygen atoms in total. The highest BCUT2D eigenvalue weighted by Gasteiger charge is 2.14. The summed E-state index contributed by atoms with van der Waals surface area (Å²) in [5, 5.41) is 9.14. The third kappa shape index (κ3) is 7.61. The predicted molar refractivity (Wildman–Crippen MR) is 132 cm³/mol. The van der Waals surface area contributed by atoms with E-state index in [0.717, 1.165) is 11.1 Å². The zero-order valence-corrected chi connectivity index (χ0v) is 20.8. The SMILES string of the molecule is CCOc1cc(/C=N/N=C/c2cc(Cl)c(OC(C)C)c(OCC)c2)cc(Cl)c1OC(C)C. The fourth-order valence-electron chi connectivity index (χ4n) is 2.75. The first-order valence-corrected chi connectivity index (χ1v) is 11.3. The Kier molecular flexibility index (Phi) is 10.1. The molecule has 0 aliphatic rings. The average molecular weight is 481 g/mol. The van der Waals surface area contributed by atoms with Crippen LogP contribution in [0.5, 0.6) is 23.0 Å². The molecule has 0 spiro atoms. The molecular formula is C24H30Cl2N2O4. The summed E-state index contributed by atoms with van der Waals surface area (Å²) in [5.41, 5.74) is 1.47. The smallest absolute Gasteiger partial charge is 0.180 e. The van der Waals surface area contributed by atoms with Crippen LogP contribution in [-0.4, -0.2) is 37.9 Å². The number of benzene rings is 2. The summed E-state index contributed by atoms with van der Waals surface area (Å²) in [5.74, 6) is 2.16. The van der Waals surface area contributed by atoms with Gasteiger partial charge in [0.2, 0.25) is 0 Å². The fourth-order valence-corrected chi connectivity index (χ4v) is 3.28. The first-order chi connectivity index (χ1) is 15.2. The number of hydrogen-bond donors (Lipinski definition) is 0. The van der Waals surface area contributed by atoms with Gasteiger partial charge in [-0.2, -0.15) is 10.2 Å². The van der Waals surface area contributed by atoms with Crippen LogP contribution in [0.1, 0.15) is 52.7 Å². The Morgan fingerprint density at radius 1 is 0.719 bits per heavy atom. The Morgan fingerprint density at radius 2 is 1.09 bits per heavy atom. The van der Waals surface area contributed by atoms with Crippen LogP contribution in [0.4, 0.5) is 0 Å². The lowest BCUT2D eigenvalue weighted by molar-refractivity contribution is 0.224. The number of hydrogen-bond acceptors (Lipinski definition) is 6. The molecule has 174 valence electrons. The Morgan fingerprint density at radius 3 is 1.41 bits per heavy atom. The molecule has 0 aliphatic carbocycles. The Balaban J connectivity index is 2.24. The van der Waals surface area contributed by atoms with Crippen molar-refractivity contribution in [2.24, 2.45) is 10.2 Å². The van der Waals surface area contributed by atoms with E-state index in [0.29, 0.717) is 46.3 Å². The van der Waals surface area contributed by atoms with Crippen LogP contribution in [-0.2, 0) is 0 Å². The molecule has 0 saturated carbocycles. The number of nitrogens with zero attached hydrogens (tertiary/aromatic N) is 2. The molecule has 2 aromatic carbocycles. The molecule has 0 unspecified atom stereocenters. The number of rotatable bonds is 11. The van der Waals surface area contributed by atoms with Crippen molar-refractivity contribution in [3.8, 4) is 23.0 Å². The zero-order chi connectivity index (χ0) is 23.7. The molecule has 0 atom stereocenters. The van der Waals surface area contributed by atoms with Crippen molar-refractivity contribution in [2.45, 2.75) is 53.8 Å². The zero-order valence-electron chi connectivity index (χ0n) is 19.3. The van der Waals surface area contributed by atoms with Gasteiger partial charge in [0.25, 0.3) is 0 Å². The Bertz CT molecular complexity index is 882. The molecule has 2 rings (SSSR count). The second-order valence-corrected chi connectivity index (χ2v) is 8.16. The van der Waals surface area contributed by atoms with Crippen LogP contribution in [0, 0.1) is 0 Å². The van der Waals surface area contributed by atoms with E-state index in [1.165, 1.54) is 0 Å². The van der Waals surface area contributed by atoms with E-state index < -0.39 is 0 Å². The van der Waals surface area contributed by atoms with E-state index in [4.69, 9.17) is 42.1 Å². The van der Waals surface area contributed by atoms with Crippen molar-refractivity contribution in [3.63, 3.8) is 0 Å². The van der Waals surface area contributed by atoms with Crippen molar-refractivity contribution >= 4 is 35.6 Å². The molecule has 0 aliphatic heterocycles. The van der Waals surface area contributed by atoms with Gasteiger partial charge in [-0.3, -0.25) is 0 Å². The van der Waals surface area contributed by atoms with E-state index in [9.17, 15) is 0 Å². The summed E-state index contributed by atoms with van der Waals surface area (Å²) in [6, 6.07) is 7.13. The van der Waals surface area contributed by atoms with Crippen molar-refractivity contribution in [1.29, 1.82) is 0 Å². The van der Waals surface area contributed by atoms with Crippen LogP contribution < -0.4 is 18.9 Å². The Hall–Kier alpha value is -2.44. The van der Waals surface area contributed by atoms with Crippen molar-refractivity contribution < 1.29 is 18.9 Å². The van der Waals surface area contributed by atoms with Crippen LogP contribution >= 0.6 is 23.2 Å². The number of ether oxygens (including phenoxy) is 4. The van der Waals surface area contributed by atoms with Gasteiger partial charge in [-0.1, -0.05) is 23.2 Å². The Labute approximate surface area is 200 Å². The summed E-state index contributed by atoms with van der Waals surface area (Å²) in [4.78, 5) is 0. The van der Waals surface area contributed by atoms with Crippen LogP contribution in [0.25, 0.3) is 0 Å². The van der Waals surface area contributed by atoms with Crippen LogP contribution in [0.3, 0.4) is 0 Å². The van der Waals surface area contributed by atoms with Gasteiger partial charge in [-0.25, -0.2) is 0 Å². The highest BCUT2D eigenvalue weighted by atomic mass is 35.5. The van der Waals surface area contributed by atoms with Gasteiger partial charge in [-0.05, 0) is 65.8 Å². The highest BCUT2D eigenvalue weighted by molar-refractivity contribution is 6.33. The summed E-state index contributed by atoms with van der Waals surface area (Å²) in [6.07, 6.45) is 3.12. The lowest BCUT2D eigenvalue weighted by Crippen LogP contribution is -2.08. The molecule has 32 heavy (non-hydrogen) atoms. The van der Waals surface area contributed by atoms with Crippen molar-refractivity contribution in [2.75, 3.05) is 13.2 Å². The monoisotopic (exact) mass is 480 g/mol. The largest absolute Gasteiger partial charge is 0.490 e. The van der Waals surface area contributed by atoms with Crippen molar-refractivity contribution in [1.82, 2.24) is 0 Å². The molecule has 0 bridgehead atoms. The maximum Gasteiger partial charge on any atom is 0.180 e. The van der Waals surface area contributed by atoms with Gasteiger partial charge >= 0.3 is 0 Å². The molecule has 0 N–H and O–H groups in total. The van der Waals surface area contributed by atoms with E-state index >= 15 is 0 Å². The average Bonchev–Trinajstić information content (AvgIpc) is 2.70. The first kappa shape index (κ1) is 25.8. The van der Waals surface area contributed by atoms with Gasteiger partial charge in [-0.15, -0.1) is 0 Å². The van der Waals surface area contributed by atoms with E-state index in [-0.39, 0.29) is 12.2 Å². The summed E-state index contributed by atoms with van der Waals surface area (Å²) in [6.45, 7) is 12.5. The topological polar surface area (TPSA) is 61.6 Å². The quantitative estimate of drug-likeness (QED) is 0.261. The maximum atomic E-state index is 6.39. The minimum absolute atomic E-state index is 0.0263. The maximum absolute atomic E-state index is 6.39. The minimum atomic E-state index is -0.0263. The van der Waals surface area contributed by atoms with Crippen LogP contribution in [0.15, 0.2) is 34.5 Å². The minimum Gasteiger partial charge on any atom is -0.490 e. The molecule has 0 amide bonds. The van der Waals surface area contributed by atoms with Gasteiger partial charge in [0.15, 0.2) is 23.0 Å². The summed E-state index contributed by atoms with van der Waals surface area (Å²) in [7, 11) is 0. The van der Waals surface area contributed by atoms with E-state index in [2.05, 4.69) is 10.2 Å². The van der Waals surface area contributed by atoms with E-state index in [1.807, 2.05) is 53.7 Å². The second kappa shape index (κ2) is 12.6. The fraction of sp³-hybridized carbons (Fsp3) is 0.417. The molecule has 2 aromatic rings. The normalized spacial score (nSPS) is 11.7. The van der Waals surface area contributed by atoms with Crippen molar-refractivity contribution in [3.05, 3.63) is 45.4 Å². The predicted octanol–water partition coefficient (Wildman–Crippen LogP) is 6.82. The third-order valence-corrected chi connectivity index (χ3v) is 4.41. The van der Waals surface area contributed by atoms with Crippen LogP contribution in [0.2, 0.25) is 10.0 Å². The summed E-state index contributed by atoms with van der Waals surface area (Å²) >= 11 is 12.8. The van der Waals surface area contributed by atoms with Gasteiger partial charge in [0.05, 0.1) is 47.9 Å². The van der Waals surface area contributed by atoms with E-state index in [1.54, 1.807) is 24.6 Å². The molecule has 8 heteroatoms. The molecule has 0 saturated heterocycles. The standard InChI is InChI=1S/C24H30Cl2N2O4/c1-7-29-21-11-17(9-19(25)23(21)31-15(3)4)13-27-28-14-18-10-20(26)24(32-16(5)6)22(12-18)30-8-2/h9-16H,7-8H2,1-6H3/b27-13+,28-14+. The molecule has 0 heterocycles. The molecule has 0 radical (unpaired) electrons. The number of halogens is 2. The third-order valence-electron chi connectivity index (χ3n) is 3.85. The second-order valence-electron chi connectivity index (χ2n) is 7.35. The highest BCUT2D eigenvalue weighted by Crippen LogP contribution is 2.38. The molecule has 0 aromatic heterocycles. The molecule has 0 fully saturated rings. The van der Waals surface area contributed by atoms with Gasteiger partial charge < -0.3 is 18.9 Å². The lowest BCUT2D eigenvalue weighted by atomic mass is 10.2.